The Labute approximate surface area is 95.8 Å². The highest BCUT2D eigenvalue weighted by Gasteiger charge is 2.29. The second-order valence-corrected chi connectivity index (χ2v) is 5.06. The van der Waals surface area contributed by atoms with Gasteiger partial charge in [0.2, 0.25) is 0 Å². The van der Waals surface area contributed by atoms with Gasteiger partial charge in [-0.2, -0.15) is 0 Å². The molecule has 0 aromatic carbocycles. The normalized spacial score (nSPS) is 16.4. The van der Waals surface area contributed by atoms with Gasteiger partial charge in [0.15, 0.2) is 0 Å². The lowest BCUT2D eigenvalue weighted by Crippen LogP contribution is -2.49. The van der Waals surface area contributed by atoms with Gasteiger partial charge < -0.3 is 10.1 Å². The molecule has 0 rings (SSSR count). The van der Waals surface area contributed by atoms with Crippen LogP contribution in [0.5, 0.6) is 0 Å². The number of rotatable bonds is 8. The highest BCUT2D eigenvalue weighted by atomic mass is 16.5. The SMILES string of the molecule is CCCNC(CC(C)CC)C(C)(C)OC. The van der Waals surface area contributed by atoms with Gasteiger partial charge >= 0.3 is 0 Å². The Morgan fingerprint density at radius 1 is 1.27 bits per heavy atom. The average molecular weight is 215 g/mol. The van der Waals surface area contributed by atoms with Gasteiger partial charge in [-0.15, -0.1) is 0 Å². The van der Waals surface area contributed by atoms with Crippen molar-refractivity contribution in [2.24, 2.45) is 5.92 Å². The molecule has 15 heavy (non-hydrogen) atoms. The van der Waals surface area contributed by atoms with Crippen LogP contribution < -0.4 is 5.32 Å². The van der Waals surface area contributed by atoms with Crippen LogP contribution >= 0.6 is 0 Å². The van der Waals surface area contributed by atoms with Crippen molar-refractivity contribution in [1.29, 1.82) is 0 Å². The Bertz CT molecular complexity index is 157. The molecule has 2 unspecified atom stereocenters. The van der Waals surface area contributed by atoms with E-state index in [-0.39, 0.29) is 5.60 Å². The molecule has 0 amide bonds. The van der Waals surface area contributed by atoms with Gasteiger partial charge in [0.05, 0.1) is 5.60 Å². The van der Waals surface area contributed by atoms with Gasteiger partial charge in [0.25, 0.3) is 0 Å². The molecule has 0 aromatic heterocycles. The smallest absolute Gasteiger partial charge is 0.0775 e. The molecule has 0 radical (unpaired) electrons. The van der Waals surface area contributed by atoms with Crippen molar-refractivity contribution in [3.8, 4) is 0 Å². The van der Waals surface area contributed by atoms with Crippen LogP contribution in [0.25, 0.3) is 0 Å². The zero-order valence-corrected chi connectivity index (χ0v) is 11.4. The van der Waals surface area contributed by atoms with E-state index in [0.29, 0.717) is 6.04 Å². The molecule has 0 aliphatic heterocycles. The summed E-state index contributed by atoms with van der Waals surface area (Å²) in [5.41, 5.74) is -0.0708. The molecule has 2 nitrogen and oxygen atoms in total. The Morgan fingerprint density at radius 3 is 2.27 bits per heavy atom. The first-order valence-corrected chi connectivity index (χ1v) is 6.26. The van der Waals surface area contributed by atoms with E-state index in [4.69, 9.17) is 4.74 Å². The van der Waals surface area contributed by atoms with Gasteiger partial charge in [-0.3, -0.25) is 0 Å². The lowest BCUT2D eigenvalue weighted by Gasteiger charge is -2.35. The summed E-state index contributed by atoms with van der Waals surface area (Å²) in [5, 5.41) is 3.60. The van der Waals surface area contributed by atoms with Gasteiger partial charge in [-0.1, -0.05) is 27.2 Å². The zero-order chi connectivity index (χ0) is 11.9. The summed E-state index contributed by atoms with van der Waals surface area (Å²) in [6.45, 7) is 12.2. The van der Waals surface area contributed by atoms with E-state index < -0.39 is 0 Å². The molecular weight excluding hydrogens is 186 g/mol. The Hall–Kier alpha value is -0.0800. The van der Waals surface area contributed by atoms with Gasteiger partial charge in [-0.05, 0) is 39.2 Å². The molecule has 1 N–H and O–H groups in total. The van der Waals surface area contributed by atoms with Gasteiger partial charge in [-0.25, -0.2) is 0 Å². The first-order valence-electron chi connectivity index (χ1n) is 6.26. The highest BCUT2D eigenvalue weighted by Crippen LogP contribution is 2.21. The lowest BCUT2D eigenvalue weighted by atomic mass is 9.88. The summed E-state index contributed by atoms with van der Waals surface area (Å²) in [4.78, 5) is 0. The first-order chi connectivity index (χ1) is 6.97. The first kappa shape index (κ1) is 14.9. The van der Waals surface area contributed by atoms with Crippen molar-refractivity contribution in [3.63, 3.8) is 0 Å². The van der Waals surface area contributed by atoms with E-state index in [2.05, 4.69) is 39.9 Å². The number of ether oxygens (including phenoxy) is 1. The quantitative estimate of drug-likeness (QED) is 0.671. The van der Waals surface area contributed by atoms with Crippen LogP contribution in [0.3, 0.4) is 0 Å². The maximum Gasteiger partial charge on any atom is 0.0775 e. The number of nitrogens with one attached hydrogen (secondary N) is 1. The van der Waals surface area contributed by atoms with Crippen LogP contribution in [-0.4, -0.2) is 25.3 Å². The van der Waals surface area contributed by atoms with E-state index >= 15 is 0 Å². The van der Waals surface area contributed by atoms with Crippen molar-refractivity contribution in [2.75, 3.05) is 13.7 Å². The molecular formula is C13H29NO. The topological polar surface area (TPSA) is 21.3 Å². The largest absolute Gasteiger partial charge is 0.377 e. The van der Waals surface area contributed by atoms with E-state index in [9.17, 15) is 0 Å². The fourth-order valence-corrected chi connectivity index (χ4v) is 1.64. The molecule has 2 heteroatoms. The minimum Gasteiger partial charge on any atom is -0.377 e. The third-order valence-electron chi connectivity index (χ3n) is 3.34. The molecule has 0 aliphatic rings. The van der Waals surface area contributed by atoms with E-state index in [0.717, 1.165) is 12.5 Å². The molecule has 0 saturated carbocycles. The summed E-state index contributed by atoms with van der Waals surface area (Å²) in [5.74, 6) is 0.758. The van der Waals surface area contributed by atoms with Crippen molar-refractivity contribution in [2.45, 2.75) is 65.5 Å². The minimum atomic E-state index is -0.0708. The zero-order valence-electron chi connectivity index (χ0n) is 11.4. The molecule has 2 atom stereocenters. The van der Waals surface area contributed by atoms with Crippen LogP contribution in [0.4, 0.5) is 0 Å². The highest BCUT2D eigenvalue weighted by molar-refractivity contribution is 4.86. The number of hydrogen-bond acceptors (Lipinski definition) is 2. The summed E-state index contributed by atoms with van der Waals surface area (Å²) in [6.07, 6.45) is 3.61. The standard InChI is InChI=1S/C13H29NO/c1-7-9-14-12(10-11(3)8-2)13(4,5)15-6/h11-12,14H,7-10H2,1-6H3. The molecule has 92 valence electrons. The third-order valence-corrected chi connectivity index (χ3v) is 3.34. The Balaban J connectivity index is 4.29. The number of methoxy groups -OCH3 is 1. The minimum absolute atomic E-state index is 0.0708. The molecule has 0 heterocycles. The number of hydrogen-bond donors (Lipinski definition) is 1. The van der Waals surface area contributed by atoms with Crippen LogP contribution in [0, 0.1) is 5.92 Å². The van der Waals surface area contributed by atoms with Crippen molar-refractivity contribution in [1.82, 2.24) is 5.32 Å². The fourth-order valence-electron chi connectivity index (χ4n) is 1.64. The lowest BCUT2D eigenvalue weighted by molar-refractivity contribution is -0.0163. The van der Waals surface area contributed by atoms with Crippen LogP contribution in [-0.2, 0) is 4.74 Å². The van der Waals surface area contributed by atoms with Crippen LogP contribution in [0.1, 0.15) is 53.9 Å². The molecule has 0 bridgehead atoms. The van der Waals surface area contributed by atoms with E-state index in [1.165, 1.54) is 19.3 Å². The second kappa shape index (κ2) is 7.24. The molecule has 0 fully saturated rings. The van der Waals surface area contributed by atoms with Gasteiger partial charge in [0.1, 0.15) is 0 Å². The Kier molecular flexibility index (Phi) is 7.20. The van der Waals surface area contributed by atoms with Crippen molar-refractivity contribution in [3.05, 3.63) is 0 Å². The van der Waals surface area contributed by atoms with E-state index in [1.807, 2.05) is 0 Å². The average Bonchev–Trinajstić information content (AvgIpc) is 2.23. The summed E-state index contributed by atoms with van der Waals surface area (Å²) < 4.78 is 5.58. The molecule has 0 saturated heterocycles. The summed E-state index contributed by atoms with van der Waals surface area (Å²) in [7, 11) is 1.80. The predicted octanol–water partition coefficient (Wildman–Crippen LogP) is 3.22. The summed E-state index contributed by atoms with van der Waals surface area (Å²) >= 11 is 0. The van der Waals surface area contributed by atoms with Crippen molar-refractivity contribution < 1.29 is 4.74 Å². The maximum atomic E-state index is 5.58. The predicted molar refractivity (Wildman–Crippen MR) is 67.2 cm³/mol. The molecule has 0 aromatic rings. The van der Waals surface area contributed by atoms with E-state index in [1.54, 1.807) is 7.11 Å². The van der Waals surface area contributed by atoms with Crippen molar-refractivity contribution >= 4 is 0 Å². The molecule has 0 spiro atoms. The third kappa shape index (κ3) is 5.53. The monoisotopic (exact) mass is 215 g/mol. The summed E-state index contributed by atoms with van der Waals surface area (Å²) in [6, 6.07) is 0.456. The second-order valence-electron chi connectivity index (χ2n) is 5.06. The van der Waals surface area contributed by atoms with Crippen LogP contribution in [0.15, 0.2) is 0 Å². The van der Waals surface area contributed by atoms with Crippen LogP contribution in [0.2, 0.25) is 0 Å². The van der Waals surface area contributed by atoms with Gasteiger partial charge in [0, 0.05) is 13.2 Å². The molecule has 0 aliphatic carbocycles. The maximum absolute atomic E-state index is 5.58. The Morgan fingerprint density at radius 2 is 1.87 bits per heavy atom. The fraction of sp³-hybridized carbons (Fsp3) is 1.00.